The van der Waals surface area contributed by atoms with Crippen LogP contribution in [0, 0.1) is 13.8 Å². The lowest BCUT2D eigenvalue weighted by Crippen LogP contribution is -2.11. The van der Waals surface area contributed by atoms with Gasteiger partial charge in [0.25, 0.3) is 0 Å². The molecule has 2 heterocycles. The summed E-state index contributed by atoms with van der Waals surface area (Å²) in [6, 6.07) is 14.0. The van der Waals surface area contributed by atoms with Crippen molar-refractivity contribution < 1.29 is 4.74 Å². The molecule has 26 heavy (non-hydrogen) atoms. The highest BCUT2D eigenvalue weighted by Gasteiger charge is 2.13. The first-order chi connectivity index (χ1) is 12.6. The first-order valence-corrected chi connectivity index (χ1v) is 8.84. The molecule has 0 aliphatic heterocycles. The Morgan fingerprint density at radius 3 is 2.46 bits per heavy atom. The first-order valence-electron chi connectivity index (χ1n) is 8.84. The molecule has 0 spiro atoms. The number of ether oxygens (including phenoxy) is 1. The average Bonchev–Trinajstić information content (AvgIpc) is 2.66. The summed E-state index contributed by atoms with van der Waals surface area (Å²) in [5.41, 5.74) is 3.93. The Balaban J connectivity index is 1.85. The molecule has 5 nitrogen and oxygen atoms in total. The molecule has 0 bridgehead atoms. The molecule has 0 amide bonds. The van der Waals surface area contributed by atoms with Gasteiger partial charge in [-0.1, -0.05) is 18.2 Å². The summed E-state index contributed by atoms with van der Waals surface area (Å²) in [6.07, 6.45) is 1.75. The number of anilines is 1. The van der Waals surface area contributed by atoms with Crippen LogP contribution in [-0.4, -0.2) is 21.6 Å². The SMILES string of the molecule is CCOc1ccc(C(C)Nc2nc(-c3ccccn3)nc(C)c2C)cc1. The molecule has 0 fully saturated rings. The lowest BCUT2D eigenvalue weighted by Gasteiger charge is -2.18. The average molecular weight is 348 g/mol. The van der Waals surface area contributed by atoms with Crippen molar-refractivity contribution >= 4 is 5.82 Å². The van der Waals surface area contributed by atoms with E-state index in [0.717, 1.165) is 28.5 Å². The third-order valence-corrected chi connectivity index (χ3v) is 4.33. The number of aryl methyl sites for hydroxylation is 1. The third-order valence-electron chi connectivity index (χ3n) is 4.33. The van der Waals surface area contributed by atoms with E-state index in [1.807, 2.05) is 51.1 Å². The van der Waals surface area contributed by atoms with Gasteiger partial charge >= 0.3 is 0 Å². The molecule has 3 aromatic rings. The fraction of sp³-hybridized carbons (Fsp3) is 0.286. The Bertz CT molecular complexity index is 863. The molecule has 134 valence electrons. The maximum Gasteiger partial charge on any atom is 0.180 e. The third kappa shape index (κ3) is 3.99. The van der Waals surface area contributed by atoms with E-state index < -0.39 is 0 Å². The van der Waals surface area contributed by atoms with E-state index >= 15 is 0 Å². The van der Waals surface area contributed by atoms with Crippen molar-refractivity contribution in [3.05, 3.63) is 65.5 Å². The van der Waals surface area contributed by atoms with Gasteiger partial charge in [-0.3, -0.25) is 4.98 Å². The Labute approximate surface area is 154 Å². The number of rotatable bonds is 6. The monoisotopic (exact) mass is 348 g/mol. The van der Waals surface area contributed by atoms with Crippen LogP contribution in [0.15, 0.2) is 48.7 Å². The summed E-state index contributed by atoms with van der Waals surface area (Å²) >= 11 is 0. The van der Waals surface area contributed by atoms with Gasteiger partial charge in [-0.15, -0.1) is 0 Å². The number of pyridine rings is 1. The maximum atomic E-state index is 5.51. The number of nitrogens with zero attached hydrogens (tertiary/aromatic N) is 3. The fourth-order valence-electron chi connectivity index (χ4n) is 2.69. The van der Waals surface area contributed by atoms with E-state index in [2.05, 4.69) is 34.3 Å². The highest BCUT2D eigenvalue weighted by Crippen LogP contribution is 2.25. The van der Waals surface area contributed by atoms with Crippen molar-refractivity contribution in [2.45, 2.75) is 33.7 Å². The molecule has 0 aliphatic carbocycles. The van der Waals surface area contributed by atoms with Crippen LogP contribution in [0.4, 0.5) is 5.82 Å². The molecule has 0 radical (unpaired) electrons. The van der Waals surface area contributed by atoms with E-state index in [-0.39, 0.29) is 6.04 Å². The van der Waals surface area contributed by atoms with Gasteiger partial charge in [0.2, 0.25) is 0 Å². The van der Waals surface area contributed by atoms with Gasteiger partial charge in [-0.05, 0) is 57.5 Å². The van der Waals surface area contributed by atoms with Gasteiger partial charge in [0.05, 0.1) is 6.61 Å². The van der Waals surface area contributed by atoms with E-state index in [0.29, 0.717) is 12.4 Å². The number of hydrogen-bond acceptors (Lipinski definition) is 5. The van der Waals surface area contributed by atoms with Crippen LogP contribution in [0.3, 0.4) is 0 Å². The minimum absolute atomic E-state index is 0.107. The molecule has 5 heteroatoms. The van der Waals surface area contributed by atoms with Crippen molar-refractivity contribution in [3.63, 3.8) is 0 Å². The topological polar surface area (TPSA) is 59.9 Å². The van der Waals surface area contributed by atoms with Crippen molar-refractivity contribution in [2.75, 3.05) is 11.9 Å². The number of nitrogens with one attached hydrogen (secondary N) is 1. The lowest BCUT2D eigenvalue weighted by molar-refractivity contribution is 0.340. The summed E-state index contributed by atoms with van der Waals surface area (Å²) in [7, 11) is 0. The zero-order chi connectivity index (χ0) is 18.5. The molecule has 1 unspecified atom stereocenters. The van der Waals surface area contributed by atoms with Gasteiger partial charge in [0.1, 0.15) is 17.3 Å². The summed E-state index contributed by atoms with van der Waals surface area (Å²) in [6.45, 7) is 8.80. The molecule has 2 aromatic heterocycles. The molecule has 0 saturated carbocycles. The molecule has 3 rings (SSSR count). The Morgan fingerprint density at radius 2 is 1.81 bits per heavy atom. The van der Waals surface area contributed by atoms with Crippen molar-refractivity contribution in [2.24, 2.45) is 0 Å². The van der Waals surface area contributed by atoms with Gasteiger partial charge in [-0.25, -0.2) is 9.97 Å². The second-order valence-corrected chi connectivity index (χ2v) is 6.19. The minimum Gasteiger partial charge on any atom is -0.494 e. The molecule has 0 aliphatic rings. The zero-order valence-electron chi connectivity index (χ0n) is 15.7. The summed E-state index contributed by atoms with van der Waals surface area (Å²) < 4.78 is 5.51. The minimum atomic E-state index is 0.107. The quantitative estimate of drug-likeness (QED) is 0.698. The standard InChI is InChI=1S/C21H24N4O/c1-5-26-18-11-9-17(10-12-18)16(4)24-20-14(2)15(3)23-21(25-20)19-8-6-7-13-22-19/h6-13,16H,5H2,1-4H3,(H,23,24,25). The normalized spacial score (nSPS) is 11.8. The summed E-state index contributed by atoms with van der Waals surface area (Å²) in [5.74, 6) is 2.35. The van der Waals surface area contributed by atoms with Crippen LogP contribution >= 0.6 is 0 Å². The van der Waals surface area contributed by atoms with Crippen LogP contribution in [0.1, 0.15) is 36.7 Å². The van der Waals surface area contributed by atoms with Crippen LogP contribution in [0.5, 0.6) is 5.75 Å². The van der Waals surface area contributed by atoms with Crippen molar-refractivity contribution in [1.82, 2.24) is 15.0 Å². The Morgan fingerprint density at radius 1 is 1.04 bits per heavy atom. The fourth-order valence-corrected chi connectivity index (χ4v) is 2.69. The van der Waals surface area contributed by atoms with E-state index in [1.54, 1.807) is 6.20 Å². The lowest BCUT2D eigenvalue weighted by atomic mass is 10.1. The first kappa shape index (κ1) is 17.9. The predicted molar refractivity (Wildman–Crippen MR) is 104 cm³/mol. The molecular weight excluding hydrogens is 324 g/mol. The maximum absolute atomic E-state index is 5.51. The second kappa shape index (κ2) is 7.95. The molecular formula is C21H24N4O. The second-order valence-electron chi connectivity index (χ2n) is 6.19. The van der Waals surface area contributed by atoms with Gasteiger partial charge < -0.3 is 10.1 Å². The van der Waals surface area contributed by atoms with Crippen LogP contribution < -0.4 is 10.1 Å². The van der Waals surface area contributed by atoms with Crippen molar-refractivity contribution in [3.8, 4) is 17.3 Å². The number of aromatic nitrogens is 3. The van der Waals surface area contributed by atoms with E-state index in [9.17, 15) is 0 Å². The molecule has 1 N–H and O–H groups in total. The van der Waals surface area contributed by atoms with Crippen LogP contribution in [-0.2, 0) is 0 Å². The van der Waals surface area contributed by atoms with Crippen LogP contribution in [0.2, 0.25) is 0 Å². The highest BCUT2D eigenvalue weighted by atomic mass is 16.5. The van der Waals surface area contributed by atoms with Crippen LogP contribution in [0.25, 0.3) is 11.5 Å². The van der Waals surface area contributed by atoms with E-state index in [4.69, 9.17) is 9.72 Å². The van der Waals surface area contributed by atoms with Gasteiger partial charge in [0, 0.05) is 23.5 Å². The smallest absolute Gasteiger partial charge is 0.180 e. The summed E-state index contributed by atoms with van der Waals surface area (Å²) in [4.78, 5) is 13.7. The van der Waals surface area contributed by atoms with E-state index in [1.165, 1.54) is 5.56 Å². The Hall–Kier alpha value is -2.95. The molecule has 1 aromatic carbocycles. The van der Waals surface area contributed by atoms with Gasteiger partial charge in [0.15, 0.2) is 5.82 Å². The largest absolute Gasteiger partial charge is 0.494 e. The highest BCUT2D eigenvalue weighted by molar-refractivity contribution is 5.56. The Kier molecular flexibility index (Phi) is 5.46. The zero-order valence-corrected chi connectivity index (χ0v) is 15.7. The molecule has 1 atom stereocenters. The van der Waals surface area contributed by atoms with Crippen molar-refractivity contribution in [1.29, 1.82) is 0 Å². The predicted octanol–water partition coefficient (Wildman–Crippen LogP) is 4.73. The molecule has 0 saturated heterocycles. The number of benzene rings is 1. The van der Waals surface area contributed by atoms with Gasteiger partial charge in [-0.2, -0.15) is 0 Å². The summed E-state index contributed by atoms with van der Waals surface area (Å²) in [5, 5.41) is 3.51. The number of hydrogen-bond donors (Lipinski definition) is 1.